The highest BCUT2D eigenvalue weighted by Crippen LogP contribution is 2.12. The molecule has 0 spiro atoms. The largest absolute Gasteiger partial charge is 0.453 e. The summed E-state index contributed by atoms with van der Waals surface area (Å²) in [6.07, 6.45) is 4.42. The number of hydrogen-bond donors (Lipinski definition) is 1. The zero-order valence-electron chi connectivity index (χ0n) is 7.71. The van der Waals surface area contributed by atoms with Gasteiger partial charge in [0.05, 0.1) is 12.1 Å². The summed E-state index contributed by atoms with van der Waals surface area (Å²) in [6.45, 7) is 0.476. The van der Waals surface area contributed by atoms with Gasteiger partial charge in [0.1, 0.15) is 6.20 Å². The molecule has 1 aromatic rings. The van der Waals surface area contributed by atoms with Gasteiger partial charge in [0, 0.05) is 12.7 Å². The van der Waals surface area contributed by atoms with Crippen molar-refractivity contribution in [2.75, 3.05) is 13.7 Å². The Balaban J connectivity index is 2.39. The van der Waals surface area contributed by atoms with E-state index in [9.17, 15) is 4.79 Å². The van der Waals surface area contributed by atoms with Crippen molar-refractivity contribution in [1.82, 2.24) is 10.3 Å². The number of halogens is 1. The molecule has 75 valence electrons. The number of nitrogens with one attached hydrogen (secondary N) is 1. The molecule has 0 aromatic carbocycles. The number of hydrogen-bond acceptors (Lipinski definition) is 3. The molecule has 0 saturated heterocycles. The van der Waals surface area contributed by atoms with Crippen molar-refractivity contribution in [3.05, 3.63) is 29.0 Å². The summed E-state index contributed by atoms with van der Waals surface area (Å²) in [4.78, 5) is 14.4. The van der Waals surface area contributed by atoms with Gasteiger partial charge in [-0.05, 0) is 18.1 Å². The minimum Gasteiger partial charge on any atom is -0.453 e. The van der Waals surface area contributed by atoms with E-state index in [1.807, 2.05) is 0 Å². The van der Waals surface area contributed by atoms with Gasteiger partial charge < -0.3 is 10.1 Å². The normalized spacial score (nSPS) is 9.57. The summed E-state index contributed by atoms with van der Waals surface area (Å²) in [6, 6.07) is 1.79. The predicted molar refractivity (Wildman–Crippen MR) is 52.2 cm³/mol. The lowest BCUT2D eigenvalue weighted by molar-refractivity contribution is 0.171. The second-order valence-electron chi connectivity index (χ2n) is 2.56. The molecule has 0 bridgehead atoms. The fraction of sp³-hybridized carbons (Fsp3) is 0.333. The molecule has 5 heteroatoms. The molecule has 0 aliphatic heterocycles. The van der Waals surface area contributed by atoms with E-state index in [0.29, 0.717) is 18.0 Å². The molecule has 1 heterocycles. The lowest BCUT2D eigenvalue weighted by atomic mass is 10.2. The molecule has 1 rings (SSSR count). The molecule has 0 atom stereocenters. The van der Waals surface area contributed by atoms with E-state index in [0.717, 1.165) is 5.56 Å². The van der Waals surface area contributed by atoms with Crippen molar-refractivity contribution in [2.45, 2.75) is 6.42 Å². The molecule has 1 amide bonds. The number of pyridine rings is 1. The molecule has 4 nitrogen and oxygen atoms in total. The summed E-state index contributed by atoms with van der Waals surface area (Å²) in [7, 11) is 1.32. The second-order valence-corrected chi connectivity index (χ2v) is 2.94. The van der Waals surface area contributed by atoms with E-state index in [1.54, 1.807) is 12.3 Å². The van der Waals surface area contributed by atoms with Crippen LogP contribution in [-0.2, 0) is 11.2 Å². The number of carbonyl (C=O) groups excluding carboxylic acids is 1. The average molecular weight is 214 g/mol. The predicted octanol–water partition coefficient (Wildman–Crippen LogP) is 1.43. The van der Waals surface area contributed by atoms with Gasteiger partial charge in [0.25, 0.3) is 0 Å². The SMILES string of the molecule is COC(=O)NCCc1ccn[c]c1Cl. The topological polar surface area (TPSA) is 51.2 Å². The van der Waals surface area contributed by atoms with E-state index in [1.165, 1.54) is 7.11 Å². The van der Waals surface area contributed by atoms with E-state index < -0.39 is 6.09 Å². The first-order valence-electron chi connectivity index (χ1n) is 4.07. The Hall–Kier alpha value is -1.29. The van der Waals surface area contributed by atoms with Gasteiger partial charge in [0.2, 0.25) is 0 Å². The zero-order chi connectivity index (χ0) is 10.4. The van der Waals surface area contributed by atoms with E-state index in [4.69, 9.17) is 11.6 Å². The quantitative estimate of drug-likeness (QED) is 0.827. The van der Waals surface area contributed by atoms with Crippen LogP contribution >= 0.6 is 11.6 Å². The number of alkyl carbamates (subject to hydrolysis) is 1. The van der Waals surface area contributed by atoms with Gasteiger partial charge in [0.15, 0.2) is 0 Å². The number of rotatable bonds is 3. The van der Waals surface area contributed by atoms with Crippen LogP contribution in [0.2, 0.25) is 5.02 Å². The van der Waals surface area contributed by atoms with Crippen molar-refractivity contribution >= 4 is 17.7 Å². The molecular formula is C9H10ClN2O2. The van der Waals surface area contributed by atoms with Gasteiger partial charge in [-0.15, -0.1) is 0 Å². The van der Waals surface area contributed by atoms with Gasteiger partial charge in [-0.25, -0.2) is 4.79 Å². The molecule has 0 saturated carbocycles. The Labute approximate surface area is 87.2 Å². The van der Waals surface area contributed by atoms with Gasteiger partial charge in [-0.2, -0.15) is 0 Å². The molecular weight excluding hydrogens is 204 g/mol. The van der Waals surface area contributed by atoms with E-state index >= 15 is 0 Å². The number of nitrogens with zero attached hydrogens (tertiary/aromatic N) is 1. The molecule has 1 N–H and O–H groups in total. The standard InChI is InChI=1S/C9H10ClN2O2/c1-14-9(13)12-5-3-7-2-4-11-6-8(7)10/h2,4H,3,5H2,1H3,(H,12,13). The van der Waals surface area contributed by atoms with Crippen molar-refractivity contribution < 1.29 is 9.53 Å². The van der Waals surface area contributed by atoms with E-state index in [2.05, 4.69) is 21.2 Å². The number of aromatic nitrogens is 1. The summed E-state index contributed by atoms with van der Waals surface area (Å²) in [5.74, 6) is 0. The first-order chi connectivity index (χ1) is 6.74. The van der Waals surface area contributed by atoms with Gasteiger partial charge in [-0.1, -0.05) is 11.6 Å². The third-order valence-electron chi connectivity index (χ3n) is 1.64. The Morgan fingerprint density at radius 1 is 1.79 bits per heavy atom. The highest BCUT2D eigenvalue weighted by molar-refractivity contribution is 6.31. The summed E-state index contributed by atoms with van der Waals surface area (Å²) < 4.78 is 4.42. The zero-order valence-corrected chi connectivity index (χ0v) is 8.47. The lowest BCUT2D eigenvalue weighted by Gasteiger charge is -2.04. The maximum absolute atomic E-state index is 10.7. The van der Waals surface area contributed by atoms with Crippen LogP contribution < -0.4 is 5.32 Å². The summed E-state index contributed by atoms with van der Waals surface area (Å²) >= 11 is 5.81. The fourth-order valence-electron chi connectivity index (χ4n) is 0.931. The fourth-order valence-corrected chi connectivity index (χ4v) is 1.14. The monoisotopic (exact) mass is 213 g/mol. The first-order valence-corrected chi connectivity index (χ1v) is 4.44. The molecule has 0 aliphatic rings. The number of ether oxygens (including phenoxy) is 1. The van der Waals surface area contributed by atoms with Crippen molar-refractivity contribution in [3.8, 4) is 0 Å². The van der Waals surface area contributed by atoms with Crippen LogP contribution in [0.1, 0.15) is 5.56 Å². The Bertz CT molecular complexity index is 317. The number of amides is 1. The first kappa shape index (κ1) is 10.8. The highest BCUT2D eigenvalue weighted by atomic mass is 35.5. The maximum atomic E-state index is 10.7. The smallest absolute Gasteiger partial charge is 0.406 e. The number of carbonyl (C=O) groups is 1. The second kappa shape index (κ2) is 5.44. The third-order valence-corrected chi connectivity index (χ3v) is 1.97. The Morgan fingerprint density at radius 2 is 2.57 bits per heavy atom. The lowest BCUT2D eigenvalue weighted by Crippen LogP contribution is -2.25. The van der Waals surface area contributed by atoms with Gasteiger partial charge in [-0.3, -0.25) is 4.98 Å². The third kappa shape index (κ3) is 3.22. The van der Waals surface area contributed by atoms with Crippen molar-refractivity contribution in [3.63, 3.8) is 0 Å². The summed E-state index contributed by atoms with van der Waals surface area (Å²) in [5.41, 5.74) is 0.901. The van der Waals surface area contributed by atoms with Crippen molar-refractivity contribution in [2.24, 2.45) is 0 Å². The Morgan fingerprint density at radius 3 is 3.21 bits per heavy atom. The molecule has 1 radical (unpaired) electrons. The van der Waals surface area contributed by atoms with Crippen LogP contribution in [0.5, 0.6) is 0 Å². The highest BCUT2D eigenvalue weighted by Gasteiger charge is 2.01. The van der Waals surface area contributed by atoms with Crippen LogP contribution in [0.25, 0.3) is 0 Å². The minimum absolute atomic E-state index is 0.445. The van der Waals surface area contributed by atoms with Gasteiger partial charge >= 0.3 is 6.09 Å². The summed E-state index contributed by atoms with van der Waals surface area (Å²) in [5, 5.41) is 3.04. The molecule has 0 fully saturated rings. The minimum atomic E-state index is -0.445. The van der Waals surface area contributed by atoms with Crippen LogP contribution in [-0.4, -0.2) is 24.7 Å². The van der Waals surface area contributed by atoms with Crippen molar-refractivity contribution in [1.29, 1.82) is 0 Å². The molecule has 0 aliphatic carbocycles. The molecule has 0 unspecified atom stereocenters. The van der Waals surface area contributed by atoms with E-state index in [-0.39, 0.29) is 0 Å². The Kier molecular flexibility index (Phi) is 4.19. The van der Waals surface area contributed by atoms with Crippen LogP contribution in [0.4, 0.5) is 4.79 Å². The van der Waals surface area contributed by atoms with Crippen LogP contribution in [0.3, 0.4) is 0 Å². The maximum Gasteiger partial charge on any atom is 0.406 e. The molecule has 14 heavy (non-hydrogen) atoms. The average Bonchev–Trinajstić information content (AvgIpc) is 2.20. The van der Waals surface area contributed by atoms with Crippen LogP contribution in [0.15, 0.2) is 12.3 Å². The molecule has 1 aromatic heterocycles. The van der Waals surface area contributed by atoms with Crippen LogP contribution in [0, 0.1) is 6.20 Å². The number of methoxy groups -OCH3 is 1.